The van der Waals surface area contributed by atoms with Crippen molar-refractivity contribution in [2.75, 3.05) is 11.9 Å². The van der Waals surface area contributed by atoms with E-state index in [4.69, 9.17) is 15.7 Å². The predicted octanol–water partition coefficient (Wildman–Crippen LogP) is 2.44. The van der Waals surface area contributed by atoms with Crippen LogP contribution in [0, 0.1) is 6.92 Å². The molecule has 0 saturated heterocycles. The summed E-state index contributed by atoms with van der Waals surface area (Å²) < 4.78 is 5.01. The van der Waals surface area contributed by atoms with Gasteiger partial charge in [0.05, 0.1) is 6.61 Å². The summed E-state index contributed by atoms with van der Waals surface area (Å²) in [4.78, 5) is 11.5. The van der Waals surface area contributed by atoms with E-state index in [9.17, 15) is 4.79 Å². The molecule has 1 aromatic carbocycles. The fraction of sp³-hybridized carbons (Fsp3) is 0.385. The standard InChI is InChI=1S/C13H19N3O3/c1-3-4-7-19-13(17)15-11-8-10(12(14)16-18)6-5-9(11)2/h5-6,8,18H,3-4,7H2,1-2H3,(H2,14,16)(H,15,17). The Hall–Kier alpha value is -2.24. The van der Waals surface area contributed by atoms with E-state index < -0.39 is 6.09 Å². The van der Waals surface area contributed by atoms with Crippen molar-refractivity contribution >= 4 is 17.6 Å². The molecule has 19 heavy (non-hydrogen) atoms. The number of unbranched alkanes of at least 4 members (excludes halogenated alkanes) is 1. The lowest BCUT2D eigenvalue weighted by Gasteiger charge is -2.10. The number of nitrogens with one attached hydrogen (secondary N) is 1. The molecule has 0 saturated carbocycles. The highest BCUT2D eigenvalue weighted by Crippen LogP contribution is 2.17. The van der Waals surface area contributed by atoms with Gasteiger partial charge in [0.25, 0.3) is 0 Å². The van der Waals surface area contributed by atoms with Crippen LogP contribution in [0.15, 0.2) is 23.4 Å². The largest absolute Gasteiger partial charge is 0.449 e. The van der Waals surface area contributed by atoms with Crippen molar-refractivity contribution < 1.29 is 14.7 Å². The number of hydrogen-bond acceptors (Lipinski definition) is 4. The molecule has 0 heterocycles. The van der Waals surface area contributed by atoms with Crippen molar-refractivity contribution in [3.05, 3.63) is 29.3 Å². The Kier molecular flexibility index (Phi) is 5.66. The number of nitrogens with zero attached hydrogens (tertiary/aromatic N) is 1. The van der Waals surface area contributed by atoms with Gasteiger partial charge in [0.2, 0.25) is 0 Å². The van der Waals surface area contributed by atoms with Gasteiger partial charge in [-0.1, -0.05) is 30.6 Å². The molecule has 1 rings (SSSR count). The Morgan fingerprint density at radius 3 is 2.89 bits per heavy atom. The van der Waals surface area contributed by atoms with Gasteiger partial charge >= 0.3 is 6.09 Å². The maximum atomic E-state index is 11.5. The molecule has 0 aliphatic heterocycles. The van der Waals surface area contributed by atoms with Gasteiger partial charge in [0, 0.05) is 11.3 Å². The summed E-state index contributed by atoms with van der Waals surface area (Å²) in [5.74, 6) is -0.0117. The number of rotatable bonds is 5. The molecule has 0 aliphatic carbocycles. The summed E-state index contributed by atoms with van der Waals surface area (Å²) in [6, 6.07) is 5.11. The van der Waals surface area contributed by atoms with Crippen LogP contribution in [0.2, 0.25) is 0 Å². The lowest BCUT2D eigenvalue weighted by molar-refractivity contribution is 0.160. The van der Waals surface area contributed by atoms with E-state index in [2.05, 4.69) is 10.5 Å². The van der Waals surface area contributed by atoms with E-state index in [0.29, 0.717) is 17.9 Å². The molecule has 6 nitrogen and oxygen atoms in total. The minimum atomic E-state index is -0.506. The lowest BCUT2D eigenvalue weighted by atomic mass is 10.1. The third kappa shape index (κ3) is 4.50. The minimum absolute atomic E-state index is 0.0117. The number of aryl methyl sites for hydroxylation is 1. The van der Waals surface area contributed by atoms with E-state index in [0.717, 1.165) is 18.4 Å². The number of amidine groups is 1. The number of oxime groups is 1. The first-order chi connectivity index (χ1) is 9.08. The third-order valence-corrected chi connectivity index (χ3v) is 2.61. The zero-order chi connectivity index (χ0) is 14.3. The Morgan fingerprint density at radius 2 is 2.26 bits per heavy atom. The average Bonchev–Trinajstić information content (AvgIpc) is 2.40. The second kappa shape index (κ2) is 7.25. The monoisotopic (exact) mass is 265 g/mol. The number of amides is 1. The average molecular weight is 265 g/mol. The molecule has 0 unspecified atom stereocenters. The lowest BCUT2D eigenvalue weighted by Crippen LogP contribution is -2.17. The summed E-state index contributed by atoms with van der Waals surface area (Å²) in [5.41, 5.74) is 7.46. The van der Waals surface area contributed by atoms with Gasteiger partial charge in [-0.25, -0.2) is 4.79 Å². The summed E-state index contributed by atoms with van der Waals surface area (Å²) in [6.07, 6.45) is 1.29. The van der Waals surface area contributed by atoms with Gasteiger partial charge in [-0.05, 0) is 25.0 Å². The Morgan fingerprint density at radius 1 is 1.53 bits per heavy atom. The zero-order valence-corrected chi connectivity index (χ0v) is 11.1. The van der Waals surface area contributed by atoms with Crippen LogP contribution >= 0.6 is 0 Å². The number of ether oxygens (including phenoxy) is 1. The molecule has 0 aromatic heterocycles. The Labute approximate surface area is 112 Å². The van der Waals surface area contributed by atoms with Crippen molar-refractivity contribution in [1.82, 2.24) is 0 Å². The van der Waals surface area contributed by atoms with Crippen LogP contribution in [-0.4, -0.2) is 23.7 Å². The van der Waals surface area contributed by atoms with E-state index in [1.165, 1.54) is 0 Å². The van der Waals surface area contributed by atoms with Crippen molar-refractivity contribution in [2.45, 2.75) is 26.7 Å². The van der Waals surface area contributed by atoms with Gasteiger partial charge in [-0.15, -0.1) is 0 Å². The van der Waals surface area contributed by atoms with E-state index in [1.807, 2.05) is 13.8 Å². The summed E-state index contributed by atoms with van der Waals surface area (Å²) in [6.45, 7) is 4.25. The van der Waals surface area contributed by atoms with Gasteiger partial charge in [0.1, 0.15) is 0 Å². The third-order valence-electron chi connectivity index (χ3n) is 2.61. The highest BCUT2D eigenvalue weighted by Gasteiger charge is 2.08. The number of carbonyl (C=O) groups is 1. The molecule has 104 valence electrons. The van der Waals surface area contributed by atoms with Crippen LogP contribution < -0.4 is 11.1 Å². The molecule has 0 bridgehead atoms. The Balaban J connectivity index is 2.74. The number of carbonyl (C=O) groups excluding carboxylic acids is 1. The van der Waals surface area contributed by atoms with Crippen molar-refractivity contribution in [1.29, 1.82) is 0 Å². The summed E-state index contributed by atoms with van der Waals surface area (Å²) in [7, 11) is 0. The van der Waals surface area contributed by atoms with Crippen LogP contribution in [-0.2, 0) is 4.74 Å². The summed E-state index contributed by atoms with van der Waals surface area (Å²) >= 11 is 0. The van der Waals surface area contributed by atoms with Crippen LogP contribution in [0.4, 0.5) is 10.5 Å². The zero-order valence-electron chi connectivity index (χ0n) is 11.1. The van der Waals surface area contributed by atoms with Gasteiger partial charge < -0.3 is 15.7 Å². The topological polar surface area (TPSA) is 96.9 Å². The first kappa shape index (κ1) is 14.8. The maximum Gasteiger partial charge on any atom is 0.411 e. The van der Waals surface area contributed by atoms with Crippen LogP contribution in [0.5, 0.6) is 0 Å². The molecule has 0 radical (unpaired) electrons. The first-order valence-electron chi connectivity index (χ1n) is 6.10. The summed E-state index contributed by atoms with van der Waals surface area (Å²) in [5, 5.41) is 14.2. The molecule has 1 amide bonds. The van der Waals surface area contributed by atoms with Crippen molar-refractivity contribution in [3.63, 3.8) is 0 Å². The highest BCUT2D eigenvalue weighted by molar-refractivity contribution is 5.99. The predicted molar refractivity (Wildman–Crippen MR) is 73.6 cm³/mol. The fourth-order valence-electron chi connectivity index (χ4n) is 1.43. The molecular formula is C13H19N3O3. The highest BCUT2D eigenvalue weighted by atomic mass is 16.5. The fourth-order valence-corrected chi connectivity index (χ4v) is 1.43. The number of benzene rings is 1. The minimum Gasteiger partial charge on any atom is -0.449 e. The number of nitrogens with two attached hydrogens (primary N) is 1. The molecular weight excluding hydrogens is 246 g/mol. The number of anilines is 1. The molecule has 4 N–H and O–H groups in total. The smallest absolute Gasteiger partial charge is 0.411 e. The second-order valence-corrected chi connectivity index (χ2v) is 4.13. The van der Waals surface area contributed by atoms with Crippen LogP contribution in [0.3, 0.4) is 0 Å². The van der Waals surface area contributed by atoms with Crippen molar-refractivity contribution in [2.24, 2.45) is 10.9 Å². The molecule has 6 heteroatoms. The van der Waals surface area contributed by atoms with Gasteiger partial charge in [-0.3, -0.25) is 5.32 Å². The molecule has 0 spiro atoms. The van der Waals surface area contributed by atoms with Gasteiger partial charge in [-0.2, -0.15) is 0 Å². The Bertz CT molecular complexity index is 472. The van der Waals surface area contributed by atoms with Gasteiger partial charge in [0.15, 0.2) is 5.84 Å². The normalized spacial score (nSPS) is 11.2. The first-order valence-corrected chi connectivity index (χ1v) is 6.10. The maximum absolute atomic E-state index is 11.5. The SMILES string of the molecule is CCCCOC(=O)Nc1cc(C(N)=NO)ccc1C. The van der Waals surface area contributed by atoms with E-state index >= 15 is 0 Å². The van der Waals surface area contributed by atoms with Crippen LogP contribution in [0.25, 0.3) is 0 Å². The van der Waals surface area contributed by atoms with Crippen LogP contribution in [0.1, 0.15) is 30.9 Å². The number of hydrogen-bond donors (Lipinski definition) is 3. The molecule has 0 aliphatic rings. The van der Waals surface area contributed by atoms with Crippen molar-refractivity contribution in [3.8, 4) is 0 Å². The molecule has 0 fully saturated rings. The molecule has 0 atom stereocenters. The molecule has 1 aromatic rings. The quantitative estimate of drug-likeness (QED) is 0.250. The van der Waals surface area contributed by atoms with E-state index in [-0.39, 0.29) is 5.84 Å². The second-order valence-electron chi connectivity index (χ2n) is 4.13. The van der Waals surface area contributed by atoms with E-state index in [1.54, 1.807) is 18.2 Å².